The van der Waals surface area contributed by atoms with E-state index < -0.39 is 5.97 Å². The number of methoxy groups -OCH3 is 1. The summed E-state index contributed by atoms with van der Waals surface area (Å²) in [5.41, 5.74) is 0.359. The first kappa shape index (κ1) is 9.92. The molecule has 0 aliphatic heterocycles. The number of rotatable bonds is 2. The second-order valence-corrected chi connectivity index (χ2v) is 3.23. The molecule has 0 heterocycles. The number of carbonyl (C=O) groups is 1. The molecular weight excluding hydrogens is 188 g/mol. The van der Waals surface area contributed by atoms with Crippen molar-refractivity contribution >= 4 is 17.7 Å². The highest BCUT2D eigenvalue weighted by Crippen LogP contribution is 2.27. The lowest BCUT2D eigenvalue weighted by atomic mass is 10.2. The molecular formula is C9H10O3S. The average Bonchev–Trinajstić information content (AvgIpc) is 2.16. The molecule has 0 bridgehead atoms. The van der Waals surface area contributed by atoms with Crippen LogP contribution in [0.1, 0.15) is 10.4 Å². The molecule has 13 heavy (non-hydrogen) atoms. The predicted octanol–water partition coefficient (Wildman–Crippen LogP) is 1.90. The Balaban J connectivity index is 3.02. The van der Waals surface area contributed by atoms with E-state index in [0.717, 1.165) is 4.90 Å². The van der Waals surface area contributed by atoms with Crippen LogP contribution < -0.4 is 0 Å². The number of hydrogen-bond acceptors (Lipinski definition) is 4. The monoisotopic (exact) mass is 198 g/mol. The van der Waals surface area contributed by atoms with Crippen molar-refractivity contribution in [2.75, 3.05) is 13.4 Å². The molecule has 0 unspecified atom stereocenters. The van der Waals surface area contributed by atoms with Crippen LogP contribution in [0.5, 0.6) is 5.75 Å². The quantitative estimate of drug-likeness (QED) is 0.582. The van der Waals surface area contributed by atoms with Crippen molar-refractivity contribution in [1.29, 1.82) is 0 Å². The minimum absolute atomic E-state index is 0.107. The second kappa shape index (κ2) is 4.18. The minimum atomic E-state index is -0.442. The lowest BCUT2D eigenvalue weighted by molar-refractivity contribution is 0.0600. The summed E-state index contributed by atoms with van der Waals surface area (Å²) in [5.74, 6) is -0.335. The Morgan fingerprint density at radius 1 is 1.54 bits per heavy atom. The summed E-state index contributed by atoms with van der Waals surface area (Å²) in [7, 11) is 1.31. The van der Waals surface area contributed by atoms with Crippen molar-refractivity contribution in [1.82, 2.24) is 0 Å². The summed E-state index contributed by atoms with van der Waals surface area (Å²) in [5, 5.41) is 9.41. The van der Waals surface area contributed by atoms with E-state index >= 15 is 0 Å². The lowest BCUT2D eigenvalue weighted by Crippen LogP contribution is -2.00. The van der Waals surface area contributed by atoms with Gasteiger partial charge in [-0.1, -0.05) is 0 Å². The van der Waals surface area contributed by atoms with Gasteiger partial charge in [0.25, 0.3) is 0 Å². The van der Waals surface area contributed by atoms with Crippen molar-refractivity contribution in [2.24, 2.45) is 0 Å². The van der Waals surface area contributed by atoms with Crippen molar-refractivity contribution in [3.63, 3.8) is 0 Å². The topological polar surface area (TPSA) is 46.5 Å². The van der Waals surface area contributed by atoms with Crippen LogP contribution in [0.3, 0.4) is 0 Å². The van der Waals surface area contributed by atoms with Crippen LogP contribution in [0, 0.1) is 0 Å². The van der Waals surface area contributed by atoms with E-state index in [9.17, 15) is 9.90 Å². The molecule has 0 aliphatic carbocycles. The predicted molar refractivity (Wildman–Crippen MR) is 51.2 cm³/mol. The number of hydrogen-bond donors (Lipinski definition) is 1. The smallest absolute Gasteiger partial charge is 0.337 e. The largest absolute Gasteiger partial charge is 0.507 e. The molecule has 4 heteroatoms. The summed E-state index contributed by atoms with van der Waals surface area (Å²) in [6.45, 7) is 0. The van der Waals surface area contributed by atoms with Gasteiger partial charge in [-0.25, -0.2) is 4.79 Å². The van der Waals surface area contributed by atoms with Crippen LogP contribution in [0.25, 0.3) is 0 Å². The number of thioether (sulfide) groups is 1. The van der Waals surface area contributed by atoms with E-state index in [1.165, 1.54) is 24.9 Å². The fraction of sp³-hybridized carbons (Fsp3) is 0.222. The van der Waals surface area contributed by atoms with Crippen LogP contribution in [0.4, 0.5) is 0 Å². The maximum atomic E-state index is 11.0. The second-order valence-electron chi connectivity index (χ2n) is 2.38. The highest BCUT2D eigenvalue weighted by Gasteiger charge is 2.07. The summed E-state index contributed by atoms with van der Waals surface area (Å²) in [6, 6.07) is 4.71. The summed E-state index contributed by atoms with van der Waals surface area (Å²) in [4.78, 5) is 11.8. The van der Waals surface area contributed by atoms with Gasteiger partial charge in [0, 0.05) is 4.90 Å². The van der Waals surface area contributed by atoms with Crippen LogP contribution >= 0.6 is 11.8 Å². The Kier molecular flexibility index (Phi) is 3.19. The van der Waals surface area contributed by atoms with Gasteiger partial charge in [-0.05, 0) is 24.5 Å². The molecule has 1 rings (SSSR count). The van der Waals surface area contributed by atoms with E-state index in [1.54, 1.807) is 12.1 Å². The van der Waals surface area contributed by atoms with Crippen molar-refractivity contribution in [2.45, 2.75) is 4.90 Å². The van der Waals surface area contributed by atoms with Crippen LogP contribution in [-0.4, -0.2) is 24.4 Å². The maximum Gasteiger partial charge on any atom is 0.337 e. The first-order valence-electron chi connectivity index (χ1n) is 3.64. The van der Waals surface area contributed by atoms with E-state index in [4.69, 9.17) is 0 Å². The van der Waals surface area contributed by atoms with Gasteiger partial charge in [0.15, 0.2) is 0 Å². The van der Waals surface area contributed by atoms with Gasteiger partial charge in [-0.2, -0.15) is 0 Å². The zero-order valence-corrected chi connectivity index (χ0v) is 8.22. The molecule has 1 aromatic rings. The lowest BCUT2D eigenvalue weighted by Gasteiger charge is -2.03. The van der Waals surface area contributed by atoms with Crippen LogP contribution in [0.2, 0.25) is 0 Å². The molecule has 0 aromatic heterocycles. The number of benzene rings is 1. The van der Waals surface area contributed by atoms with Crippen molar-refractivity contribution in [3.05, 3.63) is 23.8 Å². The van der Waals surface area contributed by atoms with Crippen LogP contribution in [-0.2, 0) is 4.74 Å². The first-order valence-corrected chi connectivity index (χ1v) is 4.87. The Morgan fingerprint density at radius 3 is 2.69 bits per heavy atom. The number of carbonyl (C=O) groups excluding carboxylic acids is 1. The number of esters is 1. The molecule has 0 fully saturated rings. The van der Waals surface area contributed by atoms with E-state index in [2.05, 4.69) is 4.74 Å². The third-order valence-corrected chi connectivity index (χ3v) is 2.38. The van der Waals surface area contributed by atoms with Gasteiger partial charge in [-0.15, -0.1) is 11.8 Å². The third-order valence-electron chi connectivity index (χ3n) is 1.60. The molecule has 1 N–H and O–H groups in total. The Morgan fingerprint density at radius 2 is 2.23 bits per heavy atom. The number of phenols is 1. The highest BCUT2D eigenvalue weighted by molar-refractivity contribution is 7.98. The summed E-state index contributed by atoms with van der Waals surface area (Å²) >= 11 is 1.42. The normalized spacial score (nSPS) is 9.69. The standard InChI is InChI=1S/C9H10O3S/c1-12-9(11)6-3-4-8(13-2)7(10)5-6/h3-5,10H,1-2H3. The molecule has 0 saturated carbocycles. The Labute approximate surface area is 80.7 Å². The molecule has 0 atom stereocenters. The van der Waals surface area contributed by atoms with Gasteiger partial charge < -0.3 is 9.84 Å². The van der Waals surface area contributed by atoms with Crippen molar-refractivity contribution in [3.8, 4) is 5.75 Å². The zero-order chi connectivity index (χ0) is 9.84. The SMILES string of the molecule is COC(=O)c1ccc(SC)c(O)c1. The molecule has 0 spiro atoms. The number of phenolic OH excluding ortho intramolecular Hbond substituents is 1. The fourth-order valence-electron chi connectivity index (χ4n) is 0.935. The van der Waals surface area contributed by atoms with Crippen molar-refractivity contribution < 1.29 is 14.6 Å². The molecule has 0 radical (unpaired) electrons. The Bertz CT molecular complexity index is 323. The highest BCUT2D eigenvalue weighted by atomic mass is 32.2. The van der Waals surface area contributed by atoms with Gasteiger partial charge in [0.05, 0.1) is 12.7 Å². The molecule has 70 valence electrons. The van der Waals surface area contributed by atoms with E-state index in [1.807, 2.05) is 6.26 Å². The first-order chi connectivity index (χ1) is 6.19. The molecule has 0 aliphatic rings. The summed E-state index contributed by atoms with van der Waals surface area (Å²) in [6.07, 6.45) is 1.85. The molecule has 0 saturated heterocycles. The molecule has 3 nitrogen and oxygen atoms in total. The van der Waals surface area contributed by atoms with Crippen LogP contribution in [0.15, 0.2) is 23.1 Å². The van der Waals surface area contributed by atoms with Gasteiger partial charge >= 0.3 is 5.97 Å². The average molecular weight is 198 g/mol. The third kappa shape index (κ3) is 2.15. The fourth-order valence-corrected chi connectivity index (χ4v) is 1.41. The van der Waals surface area contributed by atoms with Gasteiger partial charge in [0.2, 0.25) is 0 Å². The van der Waals surface area contributed by atoms with E-state index in [-0.39, 0.29) is 5.75 Å². The number of aromatic hydroxyl groups is 1. The maximum absolute atomic E-state index is 11.0. The van der Waals surface area contributed by atoms with Gasteiger partial charge in [0.1, 0.15) is 5.75 Å². The minimum Gasteiger partial charge on any atom is -0.507 e. The molecule has 1 aromatic carbocycles. The summed E-state index contributed by atoms with van der Waals surface area (Å²) < 4.78 is 4.51. The van der Waals surface area contributed by atoms with Gasteiger partial charge in [-0.3, -0.25) is 0 Å². The van der Waals surface area contributed by atoms with E-state index in [0.29, 0.717) is 5.56 Å². The zero-order valence-electron chi connectivity index (χ0n) is 7.40. The molecule has 0 amide bonds. The number of ether oxygens (including phenoxy) is 1. The Hall–Kier alpha value is -1.16.